The lowest BCUT2D eigenvalue weighted by Gasteiger charge is -2.39. The second kappa shape index (κ2) is 6.95. The summed E-state index contributed by atoms with van der Waals surface area (Å²) in [4.78, 5) is 18.7. The molecule has 3 N–H and O–H groups in total. The van der Waals surface area contributed by atoms with Gasteiger partial charge in [0, 0.05) is 31.7 Å². The highest BCUT2D eigenvalue weighted by Gasteiger charge is 2.30. The third-order valence-corrected chi connectivity index (χ3v) is 6.64. The van der Waals surface area contributed by atoms with Gasteiger partial charge in [0.25, 0.3) is 0 Å². The highest BCUT2D eigenvalue weighted by atomic mass is 15.3. The number of aromatic amines is 1. The molecule has 8 heteroatoms. The molecule has 3 aromatic rings. The first-order valence-electron chi connectivity index (χ1n) is 10.5. The summed E-state index contributed by atoms with van der Waals surface area (Å²) in [5.74, 6) is 2.18. The number of nitrogens with zero attached hydrogens (tertiary/aromatic N) is 6. The van der Waals surface area contributed by atoms with Gasteiger partial charge in [0.15, 0.2) is 17.0 Å². The molecule has 2 aliphatic heterocycles. The van der Waals surface area contributed by atoms with Crippen molar-refractivity contribution in [3.8, 4) is 0 Å². The summed E-state index contributed by atoms with van der Waals surface area (Å²) >= 11 is 0. The maximum absolute atomic E-state index is 5.94. The Hall–Kier alpha value is -2.74. The molecule has 8 nitrogen and oxygen atoms in total. The molecule has 3 aromatic heterocycles. The van der Waals surface area contributed by atoms with Crippen LogP contribution in [-0.4, -0.2) is 51.3 Å². The maximum atomic E-state index is 5.94. The lowest BCUT2D eigenvalue weighted by atomic mass is 9.80. The van der Waals surface area contributed by atoms with Crippen molar-refractivity contribution in [2.24, 2.45) is 11.1 Å². The van der Waals surface area contributed by atoms with Crippen LogP contribution in [0.15, 0.2) is 24.5 Å². The fourth-order valence-electron chi connectivity index (χ4n) is 4.42. The minimum atomic E-state index is 0.238. The Kier molecular flexibility index (Phi) is 4.38. The largest absolute Gasteiger partial charge is 0.355 e. The van der Waals surface area contributed by atoms with Crippen LogP contribution in [0.5, 0.6) is 0 Å². The number of fused-ring (bicyclic) bond motifs is 2. The number of nitrogens with two attached hydrogens (primary N) is 1. The Labute approximate surface area is 170 Å². The average molecular weight is 393 g/mol. The molecular weight excluding hydrogens is 364 g/mol. The van der Waals surface area contributed by atoms with E-state index in [0.717, 1.165) is 79.6 Å². The number of hydrogen-bond acceptors (Lipinski definition) is 7. The van der Waals surface area contributed by atoms with E-state index in [1.165, 1.54) is 0 Å². The summed E-state index contributed by atoms with van der Waals surface area (Å²) < 4.78 is 0. The predicted octanol–water partition coefficient (Wildman–Crippen LogP) is 2.96. The van der Waals surface area contributed by atoms with E-state index in [2.05, 4.69) is 44.9 Å². The number of anilines is 3. The van der Waals surface area contributed by atoms with Crippen molar-refractivity contribution in [1.29, 1.82) is 0 Å². The average Bonchev–Trinajstić information content (AvgIpc) is 3.18. The Morgan fingerprint density at radius 3 is 2.86 bits per heavy atom. The Bertz CT molecular complexity index is 1020. The van der Waals surface area contributed by atoms with Crippen molar-refractivity contribution in [2.75, 3.05) is 36.0 Å². The topological polar surface area (TPSA) is 99.9 Å². The molecule has 0 unspecified atom stereocenters. The molecule has 0 saturated carbocycles. The number of hydrogen-bond donors (Lipinski definition) is 2. The third-order valence-electron chi connectivity index (χ3n) is 6.64. The highest BCUT2D eigenvalue weighted by molar-refractivity contribution is 5.87. The van der Waals surface area contributed by atoms with E-state index in [9.17, 15) is 0 Å². The van der Waals surface area contributed by atoms with Crippen molar-refractivity contribution < 1.29 is 0 Å². The molecule has 0 aliphatic carbocycles. The zero-order chi connectivity index (χ0) is 20.0. The van der Waals surface area contributed by atoms with E-state index >= 15 is 0 Å². The van der Waals surface area contributed by atoms with Crippen molar-refractivity contribution in [3.05, 3.63) is 30.2 Å². The Morgan fingerprint density at radius 1 is 1.24 bits per heavy atom. The van der Waals surface area contributed by atoms with Crippen LogP contribution in [0.2, 0.25) is 0 Å². The minimum absolute atomic E-state index is 0.238. The van der Waals surface area contributed by atoms with E-state index in [1.807, 2.05) is 18.5 Å². The molecule has 0 amide bonds. The second-order valence-electron chi connectivity index (χ2n) is 8.72. The Morgan fingerprint density at radius 2 is 2.07 bits per heavy atom. The van der Waals surface area contributed by atoms with E-state index in [0.29, 0.717) is 5.92 Å². The standard InChI is InChI=1S/C21H28N8/c1-14-5-9-29(15-4-3-8-23-17(14)15)20-18-19(26-27-20)25-16(12-24-18)28-10-6-21(2,13-22)7-11-28/h3-4,8,12,14H,5-7,9-11,13,22H2,1-2H3,(H,25,26,27)/t14-/m0/s1. The first-order valence-corrected chi connectivity index (χ1v) is 10.5. The SMILES string of the molecule is C[C@H]1CCN(c2n[nH]c3nc(N4CCC(C)(CN)CC4)cnc23)c2cccnc21. The molecule has 0 spiro atoms. The molecule has 1 saturated heterocycles. The first kappa shape index (κ1) is 18.3. The van der Waals surface area contributed by atoms with Crippen molar-refractivity contribution in [1.82, 2.24) is 25.1 Å². The van der Waals surface area contributed by atoms with Crippen molar-refractivity contribution in [2.45, 2.75) is 39.0 Å². The fraction of sp³-hybridized carbons (Fsp3) is 0.524. The van der Waals surface area contributed by atoms with Gasteiger partial charge in [0.05, 0.1) is 17.6 Å². The van der Waals surface area contributed by atoms with Gasteiger partial charge >= 0.3 is 0 Å². The molecule has 5 rings (SSSR count). The lowest BCUT2D eigenvalue weighted by Crippen LogP contribution is -2.42. The zero-order valence-corrected chi connectivity index (χ0v) is 17.1. The molecule has 5 heterocycles. The molecule has 0 aromatic carbocycles. The van der Waals surface area contributed by atoms with Crippen LogP contribution < -0.4 is 15.5 Å². The molecule has 1 fully saturated rings. The predicted molar refractivity (Wildman–Crippen MR) is 115 cm³/mol. The summed E-state index contributed by atoms with van der Waals surface area (Å²) in [7, 11) is 0. The van der Waals surface area contributed by atoms with E-state index in [1.54, 1.807) is 0 Å². The molecule has 0 radical (unpaired) electrons. The summed E-state index contributed by atoms with van der Waals surface area (Å²) in [6.45, 7) is 8.04. The summed E-state index contributed by atoms with van der Waals surface area (Å²) in [6.07, 6.45) is 6.93. The molecule has 1 atom stereocenters. The summed E-state index contributed by atoms with van der Waals surface area (Å²) in [5.41, 5.74) is 9.95. The van der Waals surface area contributed by atoms with Crippen LogP contribution in [-0.2, 0) is 0 Å². The quantitative estimate of drug-likeness (QED) is 0.707. The smallest absolute Gasteiger partial charge is 0.183 e. The van der Waals surface area contributed by atoms with E-state index < -0.39 is 0 Å². The monoisotopic (exact) mass is 392 g/mol. The van der Waals surface area contributed by atoms with Gasteiger partial charge in [-0.05, 0) is 43.4 Å². The van der Waals surface area contributed by atoms with Crippen LogP contribution in [0.3, 0.4) is 0 Å². The van der Waals surface area contributed by atoms with Gasteiger partial charge in [-0.15, -0.1) is 0 Å². The number of pyridine rings is 1. The number of aromatic nitrogens is 5. The number of nitrogens with one attached hydrogen (secondary N) is 1. The van der Waals surface area contributed by atoms with Crippen LogP contribution in [0.1, 0.15) is 44.7 Å². The minimum Gasteiger partial charge on any atom is -0.355 e. The number of rotatable bonds is 3. The van der Waals surface area contributed by atoms with E-state index in [-0.39, 0.29) is 5.41 Å². The van der Waals surface area contributed by atoms with Gasteiger partial charge in [0.2, 0.25) is 0 Å². The molecule has 0 bridgehead atoms. The van der Waals surface area contributed by atoms with Crippen molar-refractivity contribution >= 4 is 28.5 Å². The van der Waals surface area contributed by atoms with E-state index in [4.69, 9.17) is 15.7 Å². The summed E-state index contributed by atoms with van der Waals surface area (Å²) in [6, 6.07) is 4.09. The molecule has 2 aliphatic rings. The van der Waals surface area contributed by atoms with Crippen molar-refractivity contribution in [3.63, 3.8) is 0 Å². The van der Waals surface area contributed by atoms with Crippen LogP contribution in [0.25, 0.3) is 11.2 Å². The second-order valence-corrected chi connectivity index (χ2v) is 8.72. The maximum Gasteiger partial charge on any atom is 0.183 e. The van der Waals surface area contributed by atoms with Gasteiger partial charge in [0.1, 0.15) is 5.82 Å². The lowest BCUT2D eigenvalue weighted by molar-refractivity contribution is 0.258. The third kappa shape index (κ3) is 3.11. The Balaban J connectivity index is 1.45. The highest BCUT2D eigenvalue weighted by Crippen LogP contribution is 2.39. The van der Waals surface area contributed by atoms with Gasteiger partial charge in [-0.25, -0.2) is 9.97 Å². The zero-order valence-electron chi connectivity index (χ0n) is 17.1. The van der Waals surface area contributed by atoms with Gasteiger partial charge < -0.3 is 15.5 Å². The number of piperidine rings is 1. The van der Waals surface area contributed by atoms with Gasteiger partial charge in [-0.1, -0.05) is 13.8 Å². The normalized spacial score (nSPS) is 21.4. The van der Waals surface area contributed by atoms with Gasteiger partial charge in [-0.2, -0.15) is 5.10 Å². The fourth-order valence-corrected chi connectivity index (χ4v) is 4.42. The van der Waals surface area contributed by atoms with Crippen LogP contribution >= 0.6 is 0 Å². The molecular formula is C21H28N8. The van der Waals surface area contributed by atoms with Crippen LogP contribution in [0.4, 0.5) is 17.3 Å². The van der Waals surface area contributed by atoms with Crippen LogP contribution in [0, 0.1) is 5.41 Å². The number of H-pyrrole nitrogens is 1. The molecule has 29 heavy (non-hydrogen) atoms. The molecule has 152 valence electrons. The van der Waals surface area contributed by atoms with Gasteiger partial charge in [-0.3, -0.25) is 10.1 Å². The first-order chi connectivity index (χ1) is 14.1. The summed E-state index contributed by atoms with van der Waals surface area (Å²) in [5, 5.41) is 7.68.